The normalized spacial score (nSPS) is 13.0. The quantitative estimate of drug-likeness (QED) is 0.134. The van der Waals surface area contributed by atoms with Crippen molar-refractivity contribution in [3.63, 3.8) is 0 Å². The molecule has 12 rings (SSSR count). The lowest BCUT2D eigenvalue weighted by atomic mass is 9.83. The Bertz CT molecular complexity index is 3310. The molecule has 0 amide bonds. The summed E-state index contributed by atoms with van der Waals surface area (Å²) in [5, 5.41) is 14.3. The van der Waals surface area contributed by atoms with Gasteiger partial charge < -0.3 is 9.47 Å². The Morgan fingerprint density at radius 2 is 0.764 bits per heavy atom. The summed E-state index contributed by atoms with van der Waals surface area (Å²) in [5.41, 5.74) is 11.1. The van der Waals surface area contributed by atoms with Crippen molar-refractivity contribution < 1.29 is 9.47 Å². The molecule has 0 bridgehead atoms. The number of aryl methyl sites for hydroxylation is 1. The van der Waals surface area contributed by atoms with E-state index in [2.05, 4.69) is 160 Å². The molecule has 0 unspecified atom stereocenters. The van der Waals surface area contributed by atoms with E-state index in [1.165, 1.54) is 98.0 Å². The molecule has 0 aromatic heterocycles. The topological polar surface area (TPSA) is 18.5 Å². The van der Waals surface area contributed by atoms with Gasteiger partial charge in [-0.25, -0.2) is 0 Å². The third-order valence-electron chi connectivity index (χ3n) is 12.3. The second kappa shape index (κ2) is 10.8. The fraction of sp³-hybridized carbons (Fsp3) is 0.0769. The molecule has 260 valence electrons. The predicted molar refractivity (Wildman–Crippen MR) is 235 cm³/mol. The summed E-state index contributed by atoms with van der Waals surface area (Å²) < 4.78 is 13.1. The predicted octanol–water partition coefficient (Wildman–Crippen LogP) is 14.6. The van der Waals surface area contributed by atoms with Crippen LogP contribution in [0.5, 0.6) is 23.0 Å². The molecular formula is C52H36O2Si. The maximum absolute atomic E-state index is 6.54. The van der Waals surface area contributed by atoms with Crippen LogP contribution in [0.4, 0.5) is 0 Å². The maximum atomic E-state index is 6.54. The van der Waals surface area contributed by atoms with E-state index in [4.69, 9.17) is 9.47 Å². The minimum absolute atomic E-state index is 0.913. The van der Waals surface area contributed by atoms with Crippen molar-refractivity contribution in [2.75, 3.05) is 0 Å². The zero-order chi connectivity index (χ0) is 36.7. The standard InChI is InChI=1S/C52H36O2Si/c1-29-27-42(31-20-23-37-33-11-5-7-15-44(33)53-46-17-9-13-35(31)49(37)46)39-25-26-41-48(55(2,3)4)28-43(40-22-19-30(29)51(39)52(40)41)32-21-24-38-34-12-6-8-16-45(34)54-47-18-10-14-36(32)50(38)47/h5-28H,1-4H3. The number of fused-ring (bicyclic) bond motifs is 4. The third-order valence-corrected chi connectivity index (χ3v) is 14.3. The molecule has 0 saturated heterocycles. The van der Waals surface area contributed by atoms with E-state index >= 15 is 0 Å². The molecule has 2 heterocycles. The van der Waals surface area contributed by atoms with Gasteiger partial charge in [0.1, 0.15) is 23.0 Å². The minimum Gasteiger partial charge on any atom is -0.456 e. The van der Waals surface area contributed by atoms with Crippen LogP contribution in [-0.2, 0) is 0 Å². The molecule has 2 nitrogen and oxygen atoms in total. The Morgan fingerprint density at radius 3 is 1.33 bits per heavy atom. The lowest BCUT2D eigenvalue weighted by molar-refractivity contribution is 0.487. The Balaban J connectivity index is 1.17. The molecule has 2 aliphatic heterocycles. The molecule has 0 N–H and O–H groups in total. The summed E-state index contributed by atoms with van der Waals surface area (Å²) in [6, 6.07) is 53.7. The van der Waals surface area contributed by atoms with Crippen LogP contribution in [0.15, 0.2) is 146 Å². The molecule has 0 radical (unpaired) electrons. The van der Waals surface area contributed by atoms with Gasteiger partial charge in [0.05, 0.1) is 8.07 Å². The van der Waals surface area contributed by atoms with Gasteiger partial charge in [-0.1, -0.05) is 146 Å². The van der Waals surface area contributed by atoms with Crippen LogP contribution in [0.1, 0.15) is 5.56 Å². The number of rotatable bonds is 3. The van der Waals surface area contributed by atoms with Crippen molar-refractivity contribution in [1.82, 2.24) is 0 Å². The van der Waals surface area contributed by atoms with E-state index in [0.717, 1.165) is 34.1 Å². The highest BCUT2D eigenvalue weighted by Crippen LogP contribution is 2.52. The number of para-hydroxylation sites is 2. The zero-order valence-corrected chi connectivity index (χ0v) is 32.2. The third kappa shape index (κ3) is 4.19. The molecule has 10 aromatic carbocycles. The first-order chi connectivity index (χ1) is 26.8. The molecule has 0 spiro atoms. The fourth-order valence-corrected chi connectivity index (χ4v) is 11.5. The van der Waals surface area contributed by atoms with E-state index in [1.54, 1.807) is 0 Å². The highest BCUT2D eigenvalue weighted by atomic mass is 28.3. The Morgan fingerprint density at radius 1 is 0.327 bits per heavy atom. The van der Waals surface area contributed by atoms with Gasteiger partial charge in [0, 0.05) is 21.9 Å². The monoisotopic (exact) mass is 720 g/mol. The number of benzene rings is 10. The van der Waals surface area contributed by atoms with E-state index < -0.39 is 8.07 Å². The molecule has 2 aliphatic rings. The zero-order valence-electron chi connectivity index (χ0n) is 31.2. The van der Waals surface area contributed by atoms with Crippen molar-refractivity contribution >= 4 is 67.1 Å². The summed E-state index contributed by atoms with van der Waals surface area (Å²) in [4.78, 5) is 0. The fourth-order valence-electron chi connectivity index (χ4n) is 9.86. The van der Waals surface area contributed by atoms with E-state index in [9.17, 15) is 0 Å². The maximum Gasteiger partial charge on any atom is 0.135 e. The van der Waals surface area contributed by atoms with Crippen LogP contribution in [-0.4, -0.2) is 8.07 Å². The number of hydrogen-bond donors (Lipinski definition) is 0. The Labute approximate surface area is 320 Å². The van der Waals surface area contributed by atoms with Crippen LogP contribution in [0, 0.1) is 6.92 Å². The van der Waals surface area contributed by atoms with Gasteiger partial charge in [-0.3, -0.25) is 0 Å². The second-order valence-corrected chi connectivity index (χ2v) is 21.4. The van der Waals surface area contributed by atoms with Gasteiger partial charge in [0.2, 0.25) is 0 Å². The van der Waals surface area contributed by atoms with Crippen LogP contribution in [0.2, 0.25) is 19.6 Å². The SMILES string of the molecule is Cc1cc(-c2ccc3c4c(cccc24)Oc2ccccc2-3)c2ccc3c([Si](C)(C)C)cc(-c4ccc5c6c(cccc46)Oc4ccccc4-5)c4ccc1c2c43. The van der Waals surface area contributed by atoms with Crippen LogP contribution in [0.3, 0.4) is 0 Å². The summed E-state index contributed by atoms with van der Waals surface area (Å²) >= 11 is 0. The molecule has 0 fully saturated rings. The van der Waals surface area contributed by atoms with Crippen molar-refractivity contribution in [3.05, 3.63) is 151 Å². The van der Waals surface area contributed by atoms with Crippen molar-refractivity contribution in [2.45, 2.75) is 26.6 Å². The first kappa shape index (κ1) is 31.0. The average molecular weight is 721 g/mol. The highest BCUT2D eigenvalue weighted by molar-refractivity contribution is 6.90. The summed E-state index contributed by atoms with van der Waals surface area (Å²) in [6.45, 7) is 9.73. The van der Waals surface area contributed by atoms with Gasteiger partial charge in [0.15, 0.2) is 0 Å². The van der Waals surface area contributed by atoms with Crippen LogP contribution >= 0.6 is 0 Å². The lowest BCUT2D eigenvalue weighted by Gasteiger charge is -2.27. The highest BCUT2D eigenvalue weighted by Gasteiger charge is 2.28. The van der Waals surface area contributed by atoms with Crippen LogP contribution in [0.25, 0.3) is 98.4 Å². The lowest BCUT2D eigenvalue weighted by Crippen LogP contribution is -2.38. The molecule has 3 heteroatoms. The molecule has 0 saturated carbocycles. The smallest absolute Gasteiger partial charge is 0.135 e. The Hall–Kier alpha value is -6.42. The molecular weight excluding hydrogens is 685 g/mol. The van der Waals surface area contributed by atoms with Crippen molar-refractivity contribution in [2.24, 2.45) is 0 Å². The number of hydrogen-bond acceptors (Lipinski definition) is 2. The van der Waals surface area contributed by atoms with Crippen molar-refractivity contribution in [3.8, 4) is 67.5 Å². The Kier molecular flexibility index (Phi) is 6.11. The number of ether oxygens (including phenoxy) is 2. The summed E-state index contributed by atoms with van der Waals surface area (Å²) in [7, 11) is -1.83. The van der Waals surface area contributed by atoms with Gasteiger partial charge >= 0.3 is 0 Å². The van der Waals surface area contributed by atoms with Gasteiger partial charge in [0.25, 0.3) is 0 Å². The molecule has 10 aromatic rings. The summed E-state index contributed by atoms with van der Waals surface area (Å²) in [5.74, 6) is 3.67. The first-order valence-electron chi connectivity index (χ1n) is 19.3. The molecule has 0 aliphatic carbocycles. The second-order valence-electron chi connectivity index (χ2n) is 16.4. The largest absolute Gasteiger partial charge is 0.456 e. The molecule has 0 atom stereocenters. The first-order valence-corrected chi connectivity index (χ1v) is 22.8. The van der Waals surface area contributed by atoms with Gasteiger partial charge in [-0.15, -0.1) is 0 Å². The average Bonchev–Trinajstić information content (AvgIpc) is 3.20. The summed E-state index contributed by atoms with van der Waals surface area (Å²) in [6.07, 6.45) is 0. The van der Waals surface area contributed by atoms with Crippen molar-refractivity contribution in [1.29, 1.82) is 0 Å². The molecule has 55 heavy (non-hydrogen) atoms. The van der Waals surface area contributed by atoms with E-state index in [0.29, 0.717) is 0 Å². The van der Waals surface area contributed by atoms with E-state index in [-0.39, 0.29) is 0 Å². The van der Waals surface area contributed by atoms with E-state index in [1.807, 2.05) is 12.1 Å². The van der Waals surface area contributed by atoms with Gasteiger partial charge in [-0.05, 0) is 113 Å². The minimum atomic E-state index is -1.83. The van der Waals surface area contributed by atoms with Gasteiger partial charge in [-0.2, -0.15) is 0 Å². The van der Waals surface area contributed by atoms with Crippen LogP contribution < -0.4 is 14.7 Å².